The lowest BCUT2D eigenvalue weighted by Gasteiger charge is -2.12. The Kier molecular flexibility index (Phi) is 4.71. The van der Waals surface area contributed by atoms with Gasteiger partial charge in [0.05, 0.1) is 11.0 Å². The van der Waals surface area contributed by atoms with Gasteiger partial charge in [0, 0.05) is 21.7 Å². The van der Waals surface area contributed by atoms with Crippen LogP contribution in [-0.2, 0) is 0 Å². The zero-order chi connectivity index (χ0) is 27.9. The maximum Gasteiger partial charge on any atom is 0.264 e. The van der Waals surface area contributed by atoms with Crippen LogP contribution >= 0.6 is 0 Å². The first-order chi connectivity index (χ1) is 20.6. The number of fused-ring (bicyclic) bond motifs is 6. The second kappa shape index (κ2) is 8.51. The molecule has 9 rings (SSSR count). The molecule has 0 unspecified atom stereocenters. The van der Waals surface area contributed by atoms with Crippen molar-refractivity contribution in [2.45, 2.75) is 0 Å². The maximum atomic E-state index is 14.3. The Hall–Kier alpha value is -5.48. The SMILES string of the molecule is Bc1ccc2c3c1cccc3c(=O)n1c2nc2cc(-c3ccc4ccccc4c3)cc(-c3ccc4ccccc4c3)c21. The average Bonchev–Trinajstić information content (AvgIpc) is 3.43. The molecule has 0 saturated heterocycles. The van der Waals surface area contributed by atoms with Crippen LogP contribution in [0.25, 0.3) is 82.0 Å². The Bertz CT molecular complexity index is 2620. The Labute approximate surface area is 242 Å². The fourth-order valence-electron chi connectivity index (χ4n) is 6.74. The second-order valence-corrected chi connectivity index (χ2v) is 11.2. The van der Waals surface area contributed by atoms with Crippen LogP contribution in [0, 0.1) is 0 Å². The Balaban J connectivity index is 1.45. The van der Waals surface area contributed by atoms with E-state index in [2.05, 4.69) is 123 Å². The topological polar surface area (TPSA) is 34.4 Å². The van der Waals surface area contributed by atoms with Gasteiger partial charge in [-0.2, -0.15) is 0 Å². The van der Waals surface area contributed by atoms with Gasteiger partial charge in [0.1, 0.15) is 13.5 Å². The molecule has 0 fully saturated rings. The van der Waals surface area contributed by atoms with Crippen LogP contribution in [0.5, 0.6) is 0 Å². The van der Waals surface area contributed by atoms with E-state index in [4.69, 9.17) is 4.98 Å². The molecule has 0 aliphatic rings. The van der Waals surface area contributed by atoms with Gasteiger partial charge < -0.3 is 0 Å². The summed E-state index contributed by atoms with van der Waals surface area (Å²) in [6.45, 7) is 0. The smallest absolute Gasteiger partial charge is 0.264 e. The van der Waals surface area contributed by atoms with Crippen molar-refractivity contribution in [2.24, 2.45) is 0 Å². The number of aromatic nitrogens is 2. The van der Waals surface area contributed by atoms with Gasteiger partial charge in [0.15, 0.2) is 0 Å². The van der Waals surface area contributed by atoms with E-state index in [-0.39, 0.29) is 5.56 Å². The summed E-state index contributed by atoms with van der Waals surface area (Å²) in [5.41, 5.74) is 7.74. The third-order valence-corrected chi connectivity index (χ3v) is 8.83. The predicted octanol–water partition coefficient (Wildman–Crippen LogP) is 7.49. The molecule has 0 bridgehead atoms. The summed E-state index contributed by atoms with van der Waals surface area (Å²) in [6.07, 6.45) is 0. The first-order valence-corrected chi connectivity index (χ1v) is 14.3. The van der Waals surface area contributed by atoms with Crippen molar-refractivity contribution >= 4 is 73.1 Å². The number of hydrogen-bond acceptors (Lipinski definition) is 2. The lowest BCUT2D eigenvalue weighted by molar-refractivity contribution is 1.19. The molecule has 7 aromatic carbocycles. The normalized spacial score (nSPS) is 12.0. The summed E-state index contributed by atoms with van der Waals surface area (Å²) >= 11 is 0. The van der Waals surface area contributed by atoms with E-state index in [1.54, 1.807) is 0 Å². The minimum Gasteiger partial charge on any atom is -0.268 e. The van der Waals surface area contributed by atoms with Crippen molar-refractivity contribution in [2.75, 3.05) is 0 Å². The van der Waals surface area contributed by atoms with Crippen molar-refractivity contribution in [3.8, 4) is 22.3 Å². The molecule has 0 spiro atoms. The molecule has 42 heavy (non-hydrogen) atoms. The Morgan fingerprint density at radius 3 is 1.98 bits per heavy atom. The van der Waals surface area contributed by atoms with Gasteiger partial charge in [-0.05, 0) is 74.0 Å². The number of rotatable bonds is 2. The lowest BCUT2D eigenvalue weighted by atomic mass is 9.88. The molecule has 4 heteroatoms. The van der Waals surface area contributed by atoms with Crippen LogP contribution < -0.4 is 11.0 Å². The molecule has 0 saturated carbocycles. The van der Waals surface area contributed by atoms with Crippen molar-refractivity contribution in [3.63, 3.8) is 0 Å². The molecule has 0 atom stereocenters. The van der Waals surface area contributed by atoms with E-state index < -0.39 is 0 Å². The van der Waals surface area contributed by atoms with Crippen LogP contribution in [0.3, 0.4) is 0 Å². The minimum atomic E-state index is -0.0308. The molecule has 2 aromatic heterocycles. The maximum absolute atomic E-state index is 14.3. The zero-order valence-corrected chi connectivity index (χ0v) is 22.9. The average molecular weight is 534 g/mol. The summed E-state index contributed by atoms with van der Waals surface area (Å²) < 4.78 is 1.84. The fraction of sp³-hybridized carbons (Fsp3) is 0. The van der Waals surface area contributed by atoms with E-state index in [1.807, 2.05) is 16.5 Å². The highest BCUT2D eigenvalue weighted by atomic mass is 16.1. The van der Waals surface area contributed by atoms with E-state index in [1.165, 1.54) is 16.2 Å². The molecule has 0 N–H and O–H groups in total. The Morgan fingerprint density at radius 1 is 0.548 bits per heavy atom. The van der Waals surface area contributed by atoms with Gasteiger partial charge in [-0.1, -0.05) is 103 Å². The molecule has 0 amide bonds. The van der Waals surface area contributed by atoms with Crippen molar-refractivity contribution in [3.05, 3.63) is 138 Å². The van der Waals surface area contributed by atoms with E-state index in [9.17, 15) is 4.79 Å². The first-order valence-electron chi connectivity index (χ1n) is 14.3. The monoisotopic (exact) mass is 534 g/mol. The third kappa shape index (κ3) is 3.23. The number of imidazole rings is 1. The molecular formula is C38H23BN2O. The number of nitrogens with zero attached hydrogens (tertiary/aromatic N) is 2. The summed E-state index contributed by atoms with van der Waals surface area (Å²) in [5, 5.41) is 8.57. The molecule has 0 aliphatic heterocycles. The highest BCUT2D eigenvalue weighted by molar-refractivity contribution is 6.41. The van der Waals surface area contributed by atoms with E-state index >= 15 is 0 Å². The van der Waals surface area contributed by atoms with Gasteiger partial charge in [-0.25, -0.2) is 4.98 Å². The van der Waals surface area contributed by atoms with Crippen LogP contribution in [-0.4, -0.2) is 17.2 Å². The predicted molar refractivity (Wildman–Crippen MR) is 179 cm³/mol. The van der Waals surface area contributed by atoms with Gasteiger partial charge in [-0.15, -0.1) is 0 Å². The number of hydrogen-bond donors (Lipinski definition) is 0. The van der Waals surface area contributed by atoms with Crippen molar-refractivity contribution in [1.82, 2.24) is 9.38 Å². The van der Waals surface area contributed by atoms with Crippen LogP contribution in [0.15, 0.2) is 132 Å². The molecular weight excluding hydrogens is 511 g/mol. The fourth-order valence-corrected chi connectivity index (χ4v) is 6.74. The van der Waals surface area contributed by atoms with E-state index in [0.29, 0.717) is 5.65 Å². The van der Waals surface area contributed by atoms with Crippen LogP contribution in [0.2, 0.25) is 0 Å². The Morgan fingerprint density at radius 2 is 1.21 bits per heavy atom. The molecule has 0 radical (unpaired) electrons. The van der Waals surface area contributed by atoms with Gasteiger partial charge in [-0.3, -0.25) is 9.20 Å². The van der Waals surface area contributed by atoms with E-state index in [0.717, 1.165) is 65.7 Å². The van der Waals surface area contributed by atoms with Gasteiger partial charge in [0.2, 0.25) is 0 Å². The molecule has 3 nitrogen and oxygen atoms in total. The standard InChI is InChI=1S/C38H23BN2O/c39-33-17-16-30-35-29(33)10-5-11-31(35)38(42)41-36-32(27-15-13-23-7-2-4-9-25(23)19-27)20-28(21-34(36)40-37(30)41)26-14-12-22-6-1-3-8-24(22)18-26/h1-21H,39H2. The van der Waals surface area contributed by atoms with Crippen molar-refractivity contribution < 1.29 is 0 Å². The largest absolute Gasteiger partial charge is 0.268 e. The minimum absolute atomic E-state index is 0.0308. The number of benzene rings is 7. The highest BCUT2D eigenvalue weighted by Crippen LogP contribution is 2.38. The quantitative estimate of drug-likeness (QED) is 0.216. The molecule has 194 valence electrons. The zero-order valence-electron chi connectivity index (χ0n) is 22.9. The number of pyridine rings is 1. The summed E-state index contributed by atoms with van der Waals surface area (Å²) in [7, 11) is 2.10. The molecule has 2 heterocycles. The lowest BCUT2D eigenvalue weighted by Crippen LogP contribution is -2.15. The first kappa shape index (κ1) is 23.3. The second-order valence-electron chi connectivity index (χ2n) is 11.2. The van der Waals surface area contributed by atoms with Gasteiger partial charge in [0.25, 0.3) is 5.56 Å². The molecule has 9 aromatic rings. The van der Waals surface area contributed by atoms with Gasteiger partial charge >= 0.3 is 0 Å². The molecule has 0 aliphatic carbocycles. The summed E-state index contributed by atoms with van der Waals surface area (Å²) in [6, 6.07) is 44.6. The summed E-state index contributed by atoms with van der Waals surface area (Å²) in [5.74, 6) is 0. The third-order valence-electron chi connectivity index (χ3n) is 8.83. The highest BCUT2D eigenvalue weighted by Gasteiger charge is 2.20. The summed E-state index contributed by atoms with van der Waals surface area (Å²) in [4.78, 5) is 19.5. The van der Waals surface area contributed by atoms with Crippen LogP contribution in [0.1, 0.15) is 0 Å². The van der Waals surface area contributed by atoms with Crippen LogP contribution in [0.4, 0.5) is 0 Å². The van der Waals surface area contributed by atoms with Crippen molar-refractivity contribution in [1.29, 1.82) is 0 Å².